The topological polar surface area (TPSA) is 87.7 Å². The SMILES string of the molecule is C=Cc1cccc(C(C(=O)NCCCCC)N(C(=O)C(C)NC(=O)OC(C)(C)C)C(C)C)c1. The molecule has 0 heterocycles. The number of alkyl carbamates (subject to hydrolysis) is 1. The zero-order valence-electron chi connectivity index (χ0n) is 21.2. The molecule has 1 aromatic carbocycles. The maximum atomic E-state index is 13.5. The number of hydrogen-bond acceptors (Lipinski definition) is 4. The standard InChI is InChI=1S/C26H41N3O4/c1-9-11-12-16-27-23(30)22(21-15-13-14-20(10-2)17-21)29(18(3)4)24(31)19(5)28-25(32)33-26(6,7)8/h10,13-15,17-19,22H,2,9,11-12,16H2,1,3-8H3,(H,27,30)(H,28,32). The van der Waals surface area contributed by atoms with Gasteiger partial charge in [0.1, 0.15) is 17.7 Å². The molecule has 0 aliphatic heterocycles. The molecule has 2 unspecified atom stereocenters. The van der Waals surface area contributed by atoms with Crippen LogP contribution in [0.5, 0.6) is 0 Å². The lowest BCUT2D eigenvalue weighted by Crippen LogP contribution is -2.54. The molecule has 0 saturated heterocycles. The van der Waals surface area contributed by atoms with Gasteiger partial charge in [0, 0.05) is 12.6 Å². The van der Waals surface area contributed by atoms with E-state index in [1.54, 1.807) is 33.8 Å². The average Bonchev–Trinajstić information content (AvgIpc) is 2.72. The Bertz CT molecular complexity index is 814. The Hall–Kier alpha value is -2.83. The highest BCUT2D eigenvalue weighted by atomic mass is 16.6. The zero-order chi connectivity index (χ0) is 25.2. The molecule has 0 fully saturated rings. The largest absolute Gasteiger partial charge is 0.444 e. The van der Waals surface area contributed by atoms with Crippen LogP contribution < -0.4 is 10.6 Å². The third-order valence-electron chi connectivity index (χ3n) is 4.98. The van der Waals surface area contributed by atoms with Crippen LogP contribution in [0.25, 0.3) is 6.08 Å². The van der Waals surface area contributed by atoms with Gasteiger partial charge in [-0.2, -0.15) is 0 Å². The molecule has 0 spiro atoms. The molecule has 0 radical (unpaired) electrons. The van der Waals surface area contributed by atoms with Crippen molar-refractivity contribution in [2.45, 2.75) is 91.5 Å². The first-order valence-electron chi connectivity index (χ1n) is 11.7. The predicted octanol–water partition coefficient (Wildman–Crippen LogP) is 4.83. The van der Waals surface area contributed by atoms with Crippen LogP contribution in [0.1, 0.15) is 84.9 Å². The molecule has 0 bridgehead atoms. The van der Waals surface area contributed by atoms with Gasteiger partial charge >= 0.3 is 6.09 Å². The molecule has 2 atom stereocenters. The van der Waals surface area contributed by atoms with E-state index in [0.717, 1.165) is 24.8 Å². The summed E-state index contributed by atoms with van der Waals surface area (Å²) in [7, 11) is 0. The van der Waals surface area contributed by atoms with E-state index in [4.69, 9.17) is 4.74 Å². The van der Waals surface area contributed by atoms with Crippen LogP contribution in [0, 0.1) is 0 Å². The summed E-state index contributed by atoms with van der Waals surface area (Å²) < 4.78 is 5.29. The van der Waals surface area contributed by atoms with Crippen molar-refractivity contribution >= 4 is 24.0 Å². The Labute approximate surface area is 198 Å². The Balaban J connectivity index is 3.25. The lowest BCUT2D eigenvalue weighted by atomic mass is 9.99. The van der Waals surface area contributed by atoms with Gasteiger partial charge in [-0.05, 0) is 65.2 Å². The molecule has 3 amide bonds. The second-order valence-corrected chi connectivity index (χ2v) is 9.48. The molecule has 7 heteroatoms. The number of nitrogens with one attached hydrogen (secondary N) is 2. The predicted molar refractivity (Wildman–Crippen MR) is 133 cm³/mol. The number of ether oxygens (including phenoxy) is 1. The summed E-state index contributed by atoms with van der Waals surface area (Å²) in [6.07, 6.45) is 3.95. The van der Waals surface area contributed by atoms with Gasteiger partial charge in [-0.15, -0.1) is 0 Å². The third-order valence-corrected chi connectivity index (χ3v) is 4.98. The Kier molecular flexibility index (Phi) is 11.1. The summed E-state index contributed by atoms with van der Waals surface area (Å²) in [6, 6.07) is 5.41. The number of hydrogen-bond donors (Lipinski definition) is 2. The highest BCUT2D eigenvalue weighted by molar-refractivity contribution is 5.92. The fourth-order valence-electron chi connectivity index (χ4n) is 3.43. The van der Waals surface area contributed by atoms with E-state index in [-0.39, 0.29) is 17.9 Å². The first-order valence-corrected chi connectivity index (χ1v) is 11.7. The molecular weight excluding hydrogens is 418 g/mol. The van der Waals surface area contributed by atoms with Crippen LogP contribution in [0.4, 0.5) is 4.79 Å². The monoisotopic (exact) mass is 459 g/mol. The minimum atomic E-state index is -0.875. The van der Waals surface area contributed by atoms with Crippen LogP contribution in [-0.4, -0.2) is 47.0 Å². The second kappa shape index (κ2) is 13.0. The lowest BCUT2D eigenvalue weighted by molar-refractivity contribution is -0.144. The fraction of sp³-hybridized carbons (Fsp3) is 0.577. The molecule has 33 heavy (non-hydrogen) atoms. The van der Waals surface area contributed by atoms with Gasteiger partial charge in [-0.25, -0.2) is 4.79 Å². The fourth-order valence-corrected chi connectivity index (χ4v) is 3.43. The molecular formula is C26H41N3O4. The maximum absolute atomic E-state index is 13.5. The highest BCUT2D eigenvalue weighted by Gasteiger charge is 2.36. The van der Waals surface area contributed by atoms with Gasteiger partial charge in [-0.1, -0.05) is 50.6 Å². The lowest BCUT2D eigenvalue weighted by Gasteiger charge is -2.36. The number of carbonyl (C=O) groups is 3. The maximum Gasteiger partial charge on any atom is 0.408 e. The van der Waals surface area contributed by atoms with E-state index in [1.807, 2.05) is 38.1 Å². The van der Waals surface area contributed by atoms with Crippen molar-refractivity contribution < 1.29 is 19.1 Å². The van der Waals surface area contributed by atoms with Gasteiger partial charge in [0.25, 0.3) is 0 Å². The van der Waals surface area contributed by atoms with Crippen LogP contribution in [0.3, 0.4) is 0 Å². The van der Waals surface area contributed by atoms with Gasteiger partial charge in [0.15, 0.2) is 0 Å². The molecule has 0 aromatic heterocycles. The summed E-state index contributed by atoms with van der Waals surface area (Å²) in [4.78, 5) is 40.6. The van der Waals surface area contributed by atoms with Crippen LogP contribution >= 0.6 is 0 Å². The number of nitrogens with zero attached hydrogens (tertiary/aromatic N) is 1. The Morgan fingerprint density at radius 2 is 1.82 bits per heavy atom. The molecule has 0 aliphatic rings. The summed E-state index contributed by atoms with van der Waals surface area (Å²) in [5.41, 5.74) is 0.857. The smallest absolute Gasteiger partial charge is 0.408 e. The molecule has 7 nitrogen and oxygen atoms in total. The van der Waals surface area contributed by atoms with Gasteiger partial charge in [-0.3, -0.25) is 9.59 Å². The van der Waals surface area contributed by atoms with Crippen LogP contribution in [-0.2, 0) is 14.3 Å². The minimum Gasteiger partial charge on any atom is -0.444 e. The van der Waals surface area contributed by atoms with E-state index in [0.29, 0.717) is 12.1 Å². The summed E-state index contributed by atoms with van der Waals surface area (Å²) in [6.45, 7) is 17.0. The van der Waals surface area contributed by atoms with Gasteiger partial charge in [0.2, 0.25) is 11.8 Å². The Morgan fingerprint density at radius 1 is 1.15 bits per heavy atom. The number of amides is 3. The van der Waals surface area contributed by atoms with Gasteiger partial charge < -0.3 is 20.3 Å². The van der Waals surface area contributed by atoms with Crippen molar-refractivity contribution in [2.24, 2.45) is 0 Å². The van der Waals surface area contributed by atoms with E-state index < -0.39 is 23.8 Å². The van der Waals surface area contributed by atoms with Crippen molar-refractivity contribution in [1.82, 2.24) is 15.5 Å². The zero-order valence-corrected chi connectivity index (χ0v) is 21.2. The van der Waals surface area contributed by atoms with E-state index in [9.17, 15) is 14.4 Å². The molecule has 1 aromatic rings. The van der Waals surface area contributed by atoms with Crippen LogP contribution in [0.2, 0.25) is 0 Å². The summed E-state index contributed by atoms with van der Waals surface area (Å²) in [5, 5.41) is 5.58. The number of rotatable bonds is 11. The average molecular weight is 460 g/mol. The van der Waals surface area contributed by atoms with Crippen LogP contribution in [0.15, 0.2) is 30.8 Å². The molecule has 1 rings (SSSR count). The highest BCUT2D eigenvalue weighted by Crippen LogP contribution is 2.26. The van der Waals surface area contributed by atoms with E-state index in [1.165, 1.54) is 4.90 Å². The normalized spacial score (nSPS) is 13.1. The quantitative estimate of drug-likeness (QED) is 0.464. The van der Waals surface area contributed by atoms with Crippen molar-refractivity contribution in [3.8, 4) is 0 Å². The van der Waals surface area contributed by atoms with Crippen molar-refractivity contribution in [3.05, 3.63) is 42.0 Å². The Morgan fingerprint density at radius 3 is 2.36 bits per heavy atom. The molecule has 0 saturated carbocycles. The number of unbranched alkanes of at least 4 members (excludes halogenated alkanes) is 2. The van der Waals surface area contributed by atoms with E-state index in [2.05, 4.69) is 24.1 Å². The van der Waals surface area contributed by atoms with Gasteiger partial charge in [0.05, 0.1) is 0 Å². The minimum absolute atomic E-state index is 0.251. The molecule has 0 aliphatic carbocycles. The van der Waals surface area contributed by atoms with Crippen molar-refractivity contribution in [3.63, 3.8) is 0 Å². The first kappa shape index (κ1) is 28.2. The third kappa shape index (κ3) is 9.28. The summed E-state index contributed by atoms with van der Waals surface area (Å²) in [5.74, 6) is -0.618. The number of carbonyl (C=O) groups excluding carboxylic acids is 3. The molecule has 2 N–H and O–H groups in total. The van der Waals surface area contributed by atoms with Crippen molar-refractivity contribution in [1.29, 1.82) is 0 Å². The van der Waals surface area contributed by atoms with Crippen molar-refractivity contribution in [2.75, 3.05) is 6.54 Å². The summed E-state index contributed by atoms with van der Waals surface area (Å²) >= 11 is 0. The second-order valence-electron chi connectivity index (χ2n) is 9.48. The molecule has 184 valence electrons. The number of benzene rings is 1. The van der Waals surface area contributed by atoms with E-state index >= 15 is 0 Å². The first-order chi connectivity index (χ1) is 15.4.